The molecular weight excluding hydrogens is 392 g/mol. The van der Waals surface area contributed by atoms with Gasteiger partial charge in [-0.1, -0.05) is 28.1 Å². The number of hydrogen-bond acceptors (Lipinski definition) is 3. The van der Waals surface area contributed by atoms with Crippen molar-refractivity contribution in [2.24, 2.45) is 0 Å². The van der Waals surface area contributed by atoms with Gasteiger partial charge in [0.15, 0.2) is 0 Å². The Bertz CT molecular complexity index is 683. The summed E-state index contributed by atoms with van der Waals surface area (Å²) in [5.41, 5.74) is 0.691. The van der Waals surface area contributed by atoms with Gasteiger partial charge in [-0.3, -0.25) is 9.59 Å². The Labute approximate surface area is 131 Å². The number of nitrogens with zero attached hydrogens (tertiary/aromatic N) is 1. The molecule has 0 fully saturated rings. The SMILES string of the molecule is O=C(O)C(Cc1ccc(Br)cc1)c1nc[nH]c(=O)c1Br. The molecule has 0 spiro atoms. The lowest BCUT2D eigenvalue weighted by Gasteiger charge is -2.13. The van der Waals surface area contributed by atoms with E-state index < -0.39 is 17.4 Å². The van der Waals surface area contributed by atoms with Crippen molar-refractivity contribution in [3.8, 4) is 0 Å². The maximum Gasteiger partial charge on any atom is 0.312 e. The quantitative estimate of drug-likeness (QED) is 0.824. The van der Waals surface area contributed by atoms with Crippen molar-refractivity contribution in [1.29, 1.82) is 0 Å². The summed E-state index contributed by atoms with van der Waals surface area (Å²) in [5.74, 6) is -1.90. The molecule has 7 heteroatoms. The average Bonchev–Trinajstić information content (AvgIpc) is 2.41. The number of aromatic amines is 1. The molecule has 0 bridgehead atoms. The predicted octanol–water partition coefficient (Wildman–Crippen LogP) is 2.71. The second kappa shape index (κ2) is 6.32. The fraction of sp³-hybridized carbons (Fsp3) is 0.154. The van der Waals surface area contributed by atoms with Gasteiger partial charge in [-0.05, 0) is 40.0 Å². The van der Waals surface area contributed by atoms with E-state index in [2.05, 4.69) is 41.8 Å². The summed E-state index contributed by atoms with van der Waals surface area (Å²) in [5, 5.41) is 9.38. The average molecular weight is 402 g/mol. The molecule has 1 aromatic carbocycles. The van der Waals surface area contributed by atoms with Crippen LogP contribution >= 0.6 is 31.9 Å². The first kappa shape index (κ1) is 14.9. The minimum atomic E-state index is -1.02. The second-order valence-corrected chi connectivity index (χ2v) is 5.86. The van der Waals surface area contributed by atoms with Gasteiger partial charge in [-0.2, -0.15) is 0 Å². The van der Waals surface area contributed by atoms with Crippen LogP contribution in [0.15, 0.2) is 44.3 Å². The first-order chi connectivity index (χ1) is 9.49. The van der Waals surface area contributed by atoms with Crippen LogP contribution < -0.4 is 5.56 Å². The Kier molecular flexibility index (Phi) is 4.72. The van der Waals surface area contributed by atoms with Gasteiger partial charge < -0.3 is 10.1 Å². The third-order valence-electron chi connectivity index (χ3n) is 2.80. The number of carboxylic acids is 1. The Morgan fingerprint density at radius 3 is 2.55 bits per heavy atom. The van der Waals surface area contributed by atoms with Crippen molar-refractivity contribution < 1.29 is 9.90 Å². The van der Waals surface area contributed by atoms with Gasteiger partial charge in [-0.25, -0.2) is 4.98 Å². The van der Waals surface area contributed by atoms with Crippen molar-refractivity contribution in [1.82, 2.24) is 9.97 Å². The number of carbonyl (C=O) groups is 1. The van der Waals surface area contributed by atoms with E-state index in [-0.39, 0.29) is 16.6 Å². The van der Waals surface area contributed by atoms with Crippen LogP contribution in [0.3, 0.4) is 0 Å². The molecular formula is C13H10Br2N2O3. The van der Waals surface area contributed by atoms with E-state index in [0.29, 0.717) is 0 Å². The highest BCUT2D eigenvalue weighted by Crippen LogP contribution is 2.24. The fourth-order valence-electron chi connectivity index (χ4n) is 1.80. The molecule has 0 aliphatic heterocycles. The van der Waals surface area contributed by atoms with Crippen LogP contribution in [0.5, 0.6) is 0 Å². The normalized spacial score (nSPS) is 12.1. The highest BCUT2D eigenvalue weighted by atomic mass is 79.9. The smallest absolute Gasteiger partial charge is 0.312 e. The zero-order valence-electron chi connectivity index (χ0n) is 10.1. The van der Waals surface area contributed by atoms with E-state index in [1.807, 2.05) is 24.3 Å². The van der Waals surface area contributed by atoms with Crippen molar-refractivity contribution in [2.75, 3.05) is 0 Å². The van der Waals surface area contributed by atoms with Crippen LogP contribution in [0.4, 0.5) is 0 Å². The first-order valence-electron chi connectivity index (χ1n) is 5.69. The number of rotatable bonds is 4. The third-order valence-corrected chi connectivity index (χ3v) is 4.10. The summed E-state index contributed by atoms with van der Waals surface area (Å²) < 4.78 is 1.08. The number of hydrogen-bond donors (Lipinski definition) is 2. The van der Waals surface area contributed by atoms with Crippen molar-refractivity contribution in [3.63, 3.8) is 0 Å². The molecule has 0 aliphatic rings. The lowest BCUT2D eigenvalue weighted by Crippen LogP contribution is -2.20. The van der Waals surface area contributed by atoms with Gasteiger partial charge in [0.05, 0.1) is 12.0 Å². The van der Waals surface area contributed by atoms with Crippen LogP contribution in [0.2, 0.25) is 0 Å². The molecule has 0 saturated heterocycles. The molecule has 1 atom stereocenters. The Hall–Kier alpha value is -1.47. The van der Waals surface area contributed by atoms with Crippen molar-refractivity contribution >= 4 is 37.8 Å². The minimum Gasteiger partial charge on any atom is -0.481 e. The molecule has 0 amide bonds. The summed E-state index contributed by atoms with van der Waals surface area (Å²) >= 11 is 6.42. The van der Waals surface area contributed by atoms with Crippen LogP contribution in [0.1, 0.15) is 17.2 Å². The highest BCUT2D eigenvalue weighted by Gasteiger charge is 2.25. The molecule has 5 nitrogen and oxygen atoms in total. The zero-order chi connectivity index (χ0) is 14.7. The molecule has 2 N–H and O–H groups in total. The molecule has 20 heavy (non-hydrogen) atoms. The number of aromatic nitrogens is 2. The van der Waals surface area contributed by atoms with E-state index in [1.54, 1.807) is 0 Å². The lowest BCUT2D eigenvalue weighted by molar-refractivity contribution is -0.138. The summed E-state index contributed by atoms with van der Waals surface area (Å²) in [4.78, 5) is 29.3. The number of H-pyrrole nitrogens is 1. The fourth-order valence-corrected chi connectivity index (χ4v) is 2.55. The van der Waals surface area contributed by atoms with Crippen LogP contribution in [-0.4, -0.2) is 21.0 Å². The summed E-state index contributed by atoms with van der Waals surface area (Å²) in [6.07, 6.45) is 1.47. The van der Waals surface area contributed by atoms with Crippen molar-refractivity contribution in [3.05, 3.63) is 61.1 Å². The number of nitrogens with one attached hydrogen (secondary N) is 1. The molecule has 0 radical (unpaired) electrons. The van der Waals surface area contributed by atoms with Gasteiger partial charge >= 0.3 is 5.97 Å². The van der Waals surface area contributed by atoms with Crippen LogP contribution in [0.25, 0.3) is 0 Å². The number of carboxylic acid groups (broad SMARTS) is 1. The van der Waals surface area contributed by atoms with Crippen molar-refractivity contribution in [2.45, 2.75) is 12.3 Å². The largest absolute Gasteiger partial charge is 0.481 e. The molecule has 104 valence electrons. The van der Waals surface area contributed by atoms with E-state index in [9.17, 15) is 14.7 Å². The number of benzene rings is 1. The Morgan fingerprint density at radius 1 is 1.30 bits per heavy atom. The Morgan fingerprint density at radius 2 is 1.95 bits per heavy atom. The maximum absolute atomic E-state index is 11.5. The summed E-state index contributed by atoms with van der Waals surface area (Å²) in [6, 6.07) is 7.35. The monoisotopic (exact) mass is 400 g/mol. The van der Waals surface area contributed by atoms with E-state index in [4.69, 9.17) is 0 Å². The van der Waals surface area contributed by atoms with E-state index in [1.165, 1.54) is 6.33 Å². The predicted molar refractivity (Wildman–Crippen MR) is 80.8 cm³/mol. The Balaban J connectivity index is 2.37. The number of halogens is 2. The topological polar surface area (TPSA) is 83.0 Å². The van der Waals surface area contributed by atoms with Gasteiger partial charge in [0.1, 0.15) is 10.4 Å². The minimum absolute atomic E-state index is 0.157. The first-order valence-corrected chi connectivity index (χ1v) is 7.28. The van der Waals surface area contributed by atoms with Crippen LogP contribution in [0, 0.1) is 0 Å². The molecule has 1 heterocycles. The van der Waals surface area contributed by atoms with Gasteiger partial charge in [0.25, 0.3) is 5.56 Å². The maximum atomic E-state index is 11.5. The molecule has 1 unspecified atom stereocenters. The van der Waals surface area contributed by atoms with Gasteiger partial charge in [0.2, 0.25) is 0 Å². The molecule has 0 aliphatic carbocycles. The van der Waals surface area contributed by atoms with E-state index in [0.717, 1.165) is 10.0 Å². The van der Waals surface area contributed by atoms with Gasteiger partial charge in [0, 0.05) is 4.47 Å². The molecule has 2 rings (SSSR count). The summed E-state index contributed by atoms with van der Waals surface area (Å²) in [6.45, 7) is 0. The van der Waals surface area contributed by atoms with E-state index >= 15 is 0 Å². The third kappa shape index (κ3) is 3.34. The molecule has 2 aromatic rings. The molecule has 1 aromatic heterocycles. The number of aliphatic carboxylic acids is 1. The second-order valence-electron chi connectivity index (χ2n) is 4.15. The van der Waals surface area contributed by atoms with Gasteiger partial charge in [-0.15, -0.1) is 0 Å². The van der Waals surface area contributed by atoms with Crippen LogP contribution in [-0.2, 0) is 11.2 Å². The highest BCUT2D eigenvalue weighted by molar-refractivity contribution is 9.10. The summed E-state index contributed by atoms with van der Waals surface area (Å²) in [7, 11) is 0. The molecule has 0 saturated carbocycles. The standard InChI is InChI=1S/C13H10Br2N2O3/c14-8-3-1-7(2-4-8)5-9(13(19)20)11-10(15)12(18)17-6-16-11/h1-4,6,9H,5H2,(H,19,20)(H,16,17,18). The lowest BCUT2D eigenvalue weighted by atomic mass is 9.96. The zero-order valence-corrected chi connectivity index (χ0v) is 13.3.